The number of aliphatic carboxylic acids is 3. The number of aromatic nitrogens is 1. The molecule has 11 heteroatoms. The first-order valence-corrected chi connectivity index (χ1v) is 7.22. The number of hydrogen-bond acceptors (Lipinski definition) is 7. The molecule has 0 unspecified atom stereocenters. The Morgan fingerprint density at radius 1 is 1.08 bits per heavy atom. The van der Waals surface area contributed by atoms with Crippen molar-refractivity contribution in [3.05, 3.63) is 18.5 Å². The van der Waals surface area contributed by atoms with Gasteiger partial charge in [-0.15, -0.1) is 0 Å². The van der Waals surface area contributed by atoms with Crippen molar-refractivity contribution in [2.24, 2.45) is 0 Å². The van der Waals surface area contributed by atoms with Gasteiger partial charge in [0.15, 0.2) is 5.60 Å². The van der Waals surface area contributed by atoms with Gasteiger partial charge in [-0.2, -0.15) is 0 Å². The summed E-state index contributed by atoms with van der Waals surface area (Å²) in [6.45, 7) is 5.45. The van der Waals surface area contributed by atoms with E-state index in [0.717, 1.165) is 0 Å². The number of hydrogen-bond donors (Lipinski definition) is 5. The molecule has 0 fully saturated rings. The van der Waals surface area contributed by atoms with Crippen LogP contribution in [0, 0.1) is 0 Å². The summed E-state index contributed by atoms with van der Waals surface area (Å²) in [7, 11) is 0. The third-order valence-electron chi connectivity index (χ3n) is 2.61. The maximum atomic E-state index is 11.4. The number of carbonyl (C=O) groups is 4. The normalized spacial score (nSPS) is 11.1. The number of carboxylic acids is 3. The highest BCUT2D eigenvalue weighted by atomic mass is 16.6. The van der Waals surface area contributed by atoms with E-state index in [1.54, 1.807) is 12.3 Å². The number of carboxylic acid groups (broad SMARTS) is 3. The molecule has 0 spiro atoms. The highest BCUT2D eigenvalue weighted by Crippen LogP contribution is 2.15. The van der Waals surface area contributed by atoms with Crippen molar-refractivity contribution < 1.29 is 44.3 Å². The third kappa shape index (κ3) is 8.68. The lowest BCUT2D eigenvalue weighted by Crippen LogP contribution is -2.42. The molecule has 1 heterocycles. The molecule has 146 valence electrons. The molecule has 0 radical (unpaired) electrons. The largest absolute Gasteiger partial charge is 0.481 e. The minimum Gasteiger partial charge on any atom is -0.481 e. The molecule has 1 aromatic rings. The molecular formula is C15H22N2O9. The van der Waals surface area contributed by atoms with E-state index >= 15 is 0 Å². The molecule has 0 saturated heterocycles. The van der Waals surface area contributed by atoms with Crippen molar-refractivity contribution in [1.29, 1.82) is 0 Å². The Morgan fingerprint density at radius 3 is 1.81 bits per heavy atom. The van der Waals surface area contributed by atoms with Crippen LogP contribution in [0.25, 0.3) is 0 Å². The second-order valence-electron chi connectivity index (χ2n) is 6.31. The molecule has 26 heavy (non-hydrogen) atoms. The number of aliphatic hydroxyl groups is 1. The standard InChI is InChI=1S/C9H14N2O2.C6H8O7/c1-9(2,3)13-8(12)11-5-4-7(10)6-11;7-3(8)1-6(13,5(11)12)2-4(9)10/h4-6H,10H2,1-3H3;13H,1-2H2,(H,7,8)(H,9,10)(H,11,12). The van der Waals surface area contributed by atoms with E-state index in [-0.39, 0.29) is 0 Å². The second-order valence-corrected chi connectivity index (χ2v) is 6.31. The molecule has 1 aromatic heterocycles. The van der Waals surface area contributed by atoms with Crippen LogP contribution in [-0.2, 0) is 19.1 Å². The van der Waals surface area contributed by atoms with Gasteiger partial charge in [0, 0.05) is 18.1 Å². The molecule has 0 aliphatic heterocycles. The molecule has 0 bridgehead atoms. The van der Waals surface area contributed by atoms with Crippen molar-refractivity contribution in [3.63, 3.8) is 0 Å². The number of rotatable bonds is 5. The van der Waals surface area contributed by atoms with E-state index < -0.39 is 48.0 Å². The zero-order chi connectivity index (χ0) is 20.7. The van der Waals surface area contributed by atoms with Gasteiger partial charge in [0.05, 0.1) is 12.8 Å². The van der Waals surface area contributed by atoms with Crippen LogP contribution >= 0.6 is 0 Å². The predicted molar refractivity (Wildman–Crippen MR) is 87.6 cm³/mol. The molecule has 1 rings (SSSR count). The van der Waals surface area contributed by atoms with Crippen LogP contribution in [0.15, 0.2) is 18.5 Å². The third-order valence-corrected chi connectivity index (χ3v) is 2.61. The van der Waals surface area contributed by atoms with Gasteiger partial charge in [-0.3, -0.25) is 14.2 Å². The van der Waals surface area contributed by atoms with Gasteiger partial charge >= 0.3 is 24.0 Å². The average Bonchev–Trinajstić information content (AvgIpc) is 2.82. The lowest BCUT2D eigenvalue weighted by atomic mass is 9.96. The zero-order valence-corrected chi connectivity index (χ0v) is 14.5. The Labute approximate surface area is 148 Å². The van der Waals surface area contributed by atoms with E-state index in [9.17, 15) is 19.2 Å². The topological polar surface area (TPSA) is 189 Å². The molecular weight excluding hydrogens is 352 g/mol. The highest BCUT2D eigenvalue weighted by molar-refractivity contribution is 5.88. The van der Waals surface area contributed by atoms with Gasteiger partial charge in [-0.1, -0.05) is 0 Å². The maximum Gasteiger partial charge on any atom is 0.418 e. The predicted octanol–water partition coefficient (Wildman–Crippen LogP) is 0.605. The fourth-order valence-corrected chi connectivity index (χ4v) is 1.56. The molecule has 0 aromatic carbocycles. The summed E-state index contributed by atoms with van der Waals surface area (Å²) in [5.41, 5.74) is 2.78. The molecule has 6 N–H and O–H groups in total. The fourth-order valence-electron chi connectivity index (χ4n) is 1.56. The van der Waals surface area contributed by atoms with E-state index in [1.165, 1.54) is 10.8 Å². The molecule has 0 amide bonds. The summed E-state index contributed by atoms with van der Waals surface area (Å²) in [6, 6.07) is 1.64. The van der Waals surface area contributed by atoms with Crippen LogP contribution in [0.2, 0.25) is 0 Å². The lowest BCUT2D eigenvalue weighted by molar-refractivity contribution is -0.170. The minimum absolute atomic E-state index is 0.413. The van der Waals surface area contributed by atoms with Crippen molar-refractivity contribution in [3.8, 4) is 0 Å². The number of ether oxygens (including phenoxy) is 1. The SMILES string of the molecule is CC(C)(C)OC(=O)n1ccc(N)c1.O=C(O)CC(O)(CC(=O)O)C(=O)O. The lowest BCUT2D eigenvalue weighted by Gasteiger charge is -2.19. The Morgan fingerprint density at radius 2 is 1.54 bits per heavy atom. The molecule has 0 aliphatic rings. The summed E-state index contributed by atoms with van der Waals surface area (Å²) in [5, 5.41) is 33.8. The van der Waals surface area contributed by atoms with Gasteiger partial charge in [0.25, 0.3) is 0 Å². The zero-order valence-electron chi connectivity index (χ0n) is 14.5. The number of carbonyl (C=O) groups excluding carboxylic acids is 1. The van der Waals surface area contributed by atoms with Crippen LogP contribution in [0.1, 0.15) is 33.6 Å². The Bertz CT molecular complexity index is 657. The molecule has 0 atom stereocenters. The second kappa shape index (κ2) is 8.85. The monoisotopic (exact) mass is 374 g/mol. The maximum absolute atomic E-state index is 11.4. The van der Waals surface area contributed by atoms with Gasteiger partial charge in [-0.05, 0) is 26.8 Å². The smallest absolute Gasteiger partial charge is 0.418 e. The number of nitrogens with two attached hydrogens (primary N) is 1. The van der Waals surface area contributed by atoms with Crippen LogP contribution < -0.4 is 5.73 Å². The van der Waals surface area contributed by atoms with Crippen molar-refractivity contribution in [2.45, 2.75) is 44.8 Å². The van der Waals surface area contributed by atoms with Crippen molar-refractivity contribution in [1.82, 2.24) is 4.57 Å². The Kier molecular flexibility index (Phi) is 7.80. The number of nitrogen functional groups attached to an aromatic ring is 1. The fraction of sp³-hybridized carbons (Fsp3) is 0.467. The molecule has 11 nitrogen and oxygen atoms in total. The van der Waals surface area contributed by atoms with Gasteiger partial charge < -0.3 is 30.9 Å². The van der Waals surface area contributed by atoms with Gasteiger partial charge in [0.1, 0.15) is 5.60 Å². The van der Waals surface area contributed by atoms with Gasteiger partial charge in [-0.25, -0.2) is 9.59 Å². The van der Waals surface area contributed by atoms with E-state index in [0.29, 0.717) is 5.69 Å². The summed E-state index contributed by atoms with van der Waals surface area (Å²) in [4.78, 5) is 41.8. The van der Waals surface area contributed by atoms with Crippen molar-refractivity contribution >= 4 is 29.7 Å². The van der Waals surface area contributed by atoms with Crippen LogP contribution in [0.4, 0.5) is 10.5 Å². The van der Waals surface area contributed by atoms with Crippen LogP contribution in [0.3, 0.4) is 0 Å². The summed E-state index contributed by atoms with van der Waals surface area (Å²) in [6.07, 6.45) is 0.394. The quantitative estimate of drug-likeness (QED) is 0.488. The van der Waals surface area contributed by atoms with E-state index in [1.807, 2.05) is 20.8 Å². The number of nitrogens with zero attached hydrogens (tertiary/aromatic N) is 1. The van der Waals surface area contributed by atoms with E-state index in [2.05, 4.69) is 0 Å². The van der Waals surface area contributed by atoms with Crippen molar-refractivity contribution in [2.75, 3.05) is 5.73 Å². The first-order chi connectivity index (χ1) is 11.7. The average molecular weight is 374 g/mol. The Balaban J connectivity index is 0.000000481. The highest BCUT2D eigenvalue weighted by Gasteiger charge is 2.40. The first-order valence-electron chi connectivity index (χ1n) is 7.22. The van der Waals surface area contributed by atoms with Gasteiger partial charge in [0.2, 0.25) is 0 Å². The number of anilines is 1. The summed E-state index contributed by atoms with van der Waals surface area (Å²) < 4.78 is 6.43. The minimum atomic E-state index is -2.74. The van der Waals surface area contributed by atoms with Crippen LogP contribution in [0.5, 0.6) is 0 Å². The summed E-state index contributed by atoms with van der Waals surface area (Å²) in [5.74, 6) is -5.02. The molecule has 0 saturated carbocycles. The summed E-state index contributed by atoms with van der Waals surface area (Å²) >= 11 is 0. The van der Waals surface area contributed by atoms with Crippen LogP contribution in [-0.4, -0.2) is 60.2 Å². The Hall–Kier alpha value is -3.08. The first kappa shape index (κ1) is 22.9. The molecule has 0 aliphatic carbocycles. The van der Waals surface area contributed by atoms with E-state index in [4.69, 9.17) is 30.9 Å².